The van der Waals surface area contributed by atoms with Gasteiger partial charge in [-0.05, 0) is 18.4 Å². The molecular weight excluding hydrogens is 226 g/mol. The Morgan fingerprint density at radius 3 is 3.12 bits per heavy atom. The van der Waals surface area contributed by atoms with Crippen LogP contribution >= 0.6 is 11.6 Å². The molecule has 1 fully saturated rings. The highest BCUT2D eigenvalue weighted by molar-refractivity contribution is 6.30. The van der Waals surface area contributed by atoms with Gasteiger partial charge < -0.3 is 9.84 Å². The molecule has 2 heterocycles. The van der Waals surface area contributed by atoms with Crippen molar-refractivity contribution in [2.75, 3.05) is 13.2 Å². The van der Waals surface area contributed by atoms with Crippen LogP contribution in [0.2, 0.25) is 5.02 Å². The van der Waals surface area contributed by atoms with Crippen LogP contribution in [0.1, 0.15) is 30.5 Å². The third kappa shape index (κ3) is 2.37. The van der Waals surface area contributed by atoms with Gasteiger partial charge >= 0.3 is 0 Å². The lowest BCUT2D eigenvalue weighted by molar-refractivity contribution is 0.181. The Balaban J connectivity index is 2.24. The van der Waals surface area contributed by atoms with Crippen LogP contribution in [-0.4, -0.2) is 23.3 Å². The van der Waals surface area contributed by atoms with Crippen molar-refractivity contribution in [3.63, 3.8) is 0 Å². The summed E-state index contributed by atoms with van der Waals surface area (Å²) >= 11 is 5.86. The summed E-state index contributed by atoms with van der Waals surface area (Å²) in [5.74, 6) is 0.806. The van der Waals surface area contributed by atoms with E-state index in [1.807, 2.05) is 0 Å². The largest absolute Gasteiger partial charge is 0.392 e. The molecule has 0 aliphatic carbocycles. The zero-order valence-electron chi connectivity index (χ0n) is 9.32. The highest BCUT2D eigenvalue weighted by atomic mass is 35.5. The van der Waals surface area contributed by atoms with Crippen LogP contribution in [0.4, 0.5) is 0 Å². The monoisotopic (exact) mass is 241 g/mol. The maximum Gasteiger partial charge on any atom is 0.0700 e. The molecule has 2 atom stereocenters. The van der Waals surface area contributed by atoms with Crippen molar-refractivity contribution >= 4 is 11.6 Å². The normalized spacial score (nSPS) is 22.3. The van der Waals surface area contributed by atoms with Gasteiger partial charge in [0.1, 0.15) is 0 Å². The Kier molecular flexibility index (Phi) is 3.79. The second-order valence-corrected chi connectivity index (χ2v) is 4.70. The number of aliphatic hydroxyl groups is 1. The van der Waals surface area contributed by atoms with Crippen LogP contribution in [0, 0.1) is 5.92 Å². The quantitative estimate of drug-likeness (QED) is 0.884. The van der Waals surface area contributed by atoms with Crippen molar-refractivity contribution in [2.24, 2.45) is 5.92 Å². The van der Waals surface area contributed by atoms with Crippen LogP contribution in [0.15, 0.2) is 12.3 Å². The Bertz CT molecular complexity index is 364. The number of nitrogens with zero attached hydrogens (tertiary/aromatic N) is 1. The molecule has 0 bridgehead atoms. The number of aliphatic hydroxyl groups excluding tert-OH is 1. The zero-order chi connectivity index (χ0) is 11.5. The first-order chi connectivity index (χ1) is 7.72. The molecule has 0 saturated carbocycles. The average molecular weight is 242 g/mol. The van der Waals surface area contributed by atoms with Crippen molar-refractivity contribution in [3.05, 3.63) is 28.5 Å². The summed E-state index contributed by atoms with van der Waals surface area (Å²) in [6.07, 6.45) is 2.71. The maximum absolute atomic E-state index is 9.30. The Hall–Kier alpha value is -0.640. The molecule has 1 aliphatic rings. The lowest BCUT2D eigenvalue weighted by Gasteiger charge is -2.19. The van der Waals surface area contributed by atoms with Crippen molar-refractivity contribution in [1.82, 2.24) is 4.98 Å². The zero-order valence-corrected chi connectivity index (χ0v) is 10.1. The molecule has 1 N–H and O–H groups in total. The first kappa shape index (κ1) is 11.8. The summed E-state index contributed by atoms with van der Waals surface area (Å²) in [7, 11) is 0. The third-order valence-electron chi connectivity index (χ3n) is 3.24. The van der Waals surface area contributed by atoms with Crippen LogP contribution < -0.4 is 0 Å². The molecule has 0 radical (unpaired) electrons. The third-order valence-corrected chi connectivity index (χ3v) is 3.45. The molecule has 0 amide bonds. The minimum atomic E-state index is -0.0131. The summed E-state index contributed by atoms with van der Waals surface area (Å²) in [5, 5.41) is 9.88. The molecule has 2 unspecified atom stereocenters. The molecule has 0 spiro atoms. The van der Waals surface area contributed by atoms with Crippen LogP contribution in [0.3, 0.4) is 0 Å². The minimum absolute atomic E-state index is 0.0131. The maximum atomic E-state index is 9.30. The van der Waals surface area contributed by atoms with E-state index in [0.29, 0.717) is 16.9 Å². The van der Waals surface area contributed by atoms with Crippen LogP contribution in [0.25, 0.3) is 0 Å². The average Bonchev–Trinajstić information content (AvgIpc) is 2.81. The highest BCUT2D eigenvalue weighted by Crippen LogP contribution is 2.31. The number of hydrogen-bond donors (Lipinski definition) is 1. The molecule has 0 aromatic carbocycles. The van der Waals surface area contributed by atoms with E-state index in [1.165, 1.54) is 0 Å². The van der Waals surface area contributed by atoms with E-state index in [1.54, 1.807) is 12.3 Å². The Morgan fingerprint density at radius 1 is 1.69 bits per heavy atom. The topological polar surface area (TPSA) is 42.4 Å². The van der Waals surface area contributed by atoms with Crippen LogP contribution in [0.5, 0.6) is 0 Å². The lowest BCUT2D eigenvalue weighted by Crippen LogP contribution is -2.13. The standard InChI is InChI=1S/C12H16ClNO2/c1-8(9-2-3-16-7-9)12-10(6-15)4-11(13)5-14-12/h4-5,8-9,15H,2-3,6-7H2,1H3. The van der Waals surface area contributed by atoms with E-state index in [9.17, 15) is 5.11 Å². The van der Waals surface area contributed by atoms with Gasteiger partial charge in [-0.15, -0.1) is 0 Å². The van der Waals surface area contributed by atoms with Crippen molar-refractivity contribution in [1.29, 1.82) is 0 Å². The highest BCUT2D eigenvalue weighted by Gasteiger charge is 2.26. The fourth-order valence-electron chi connectivity index (χ4n) is 2.20. The first-order valence-electron chi connectivity index (χ1n) is 5.55. The summed E-state index contributed by atoms with van der Waals surface area (Å²) in [6, 6.07) is 1.79. The Morgan fingerprint density at radius 2 is 2.50 bits per heavy atom. The molecule has 2 rings (SSSR count). The number of hydrogen-bond acceptors (Lipinski definition) is 3. The number of ether oxygens (including phenoxy) is 1. The van der Waals surface area contributed by atoms with E-state index in [0.717, 1.165) is 30.9 Å². The fourth-order valence-corrected chi connectivity index (χ4v) is 2.38. The van der Waals surface area contributed by atoms with Crippen molar-refractivity contribution in [3.8, 4) is 0 Å². The molecule has 16 heavy (non-hydrogen) atoms. The Labute approximate surface area is 100 Å². The second kappa shape index (κ2) is 5.13. The van der Waals surface area contributed by atoms with Gasteiger partial charge in [-0.1, -0.05) is 18.5 Å². The summed E-state index contributed by atoms with van der Waals surface area (Å²) in [4.78, 5) is 4.35. The second-order valence-electron chi connectivity index (χ2n) is 4.27. The smallest absolute Gasteiger partial charge is 0.0700 e. The van der Waals surface area contributed by atoms with E-state index < -0.39 is 0 Å². The molecule has 88 valence electrons. The van der Waals surface area contributed by atoms with Gasteiger partial charge in [0.15, 0.2) is 0 Å². The predicted molar refractivity (Wildman–Crippen MR) is 62.5 cm³/mol. The van der Waals surface area contributed by atoms with Crippen LogP contribution in [-0.2, 0) is 11.3 Å². The first-order valence-corrected chi connectivity index (χ1v) is 5.93. The van der Waals surface area contributed by atoms with E-state index >= 15 is 0 Å². The van der Waals surface area contributed by atoms with Gasteiger partial charge in [0.05, 0.1) is 18.2 Å². The van der Waals surface area contributed by atoms with Crippen molar-refractivity contribution in [2.45, 2.75) is 25.9 Å². The van der Waals surface area contributed by atoms with Gasteiger partial charge in [-0.2, -0.15) is 0 Å². The molecule has 1 aliphatic heterocycles. The minimum Gasteiger partial charge on any atom is -0.392 e. The molecule has 4 heteroatoms. The summed E-state index contributed by atoms with van der Waals surface area (Å²) < 4.78 is 5.38. The number of rotatable bonds is 3. The van der Waals surface area contributed by atoms with E-state index in [4.69, 9.17) is 16.3 Å². The van der Waals surface area contributed by atoms with E-state index in [-0.39, 0.29) is 6.61 Å². The lowest BCUT2D eigenvalue weighted by atomic mass is 9.88. The SMILES string of the molecule is CC(c1ncc(Cl)cc1CO)C1CCOC1. The van der Waals surface area contributed by atoms with Gasteiger partial charge in [-0.3, -0.25) is 4.98 Å². The molecule has 3 nitrogen and oxygen atoms in total. The number of pyridine rings is 1. The fraction of sp³-hybridized carbons (Fsp3) is 0.583. The van der Waals surface area contributed by atoms with Crippen molar-refractivity contribution < 1.29 is 9.84 Å². The summed E-state index contributed by atoms with van der Waals surface area (Å²) in [6.45, 7) is 3.74. The molecule has 1 aromatic heterocycles. The molecular formula is C12H16ClNO2. The molecule has 1 saturated heterocycles. The number of halogens is 1. The van der Waals surface area contributed by atoms with Gasteiger partial charge in [0, 0.05) is 30.0 Å². The predicted octanol–water partition coefficient (Wildman–Crippen LogP) is 2.37. The van der Waals surface area contributed by atoms with Gasteiger partial charge in [-0.25, -0.2) is 0 Å². The molecule has 1 aromatic rings. The number of aromatic nitrogens is 1. The van der Waals surface area contributed by atoms with E-state index in [2.05, 4.69) is 11.9 Å². The van der Waals surface area contributed by atoms with Gasteiger partial charge in [0.25, 0.3) is 0 Å². The summed E-state index contributed by atoms with van der Waals surface area (Å²) in [5.41, 5.74) is 1.77. The van der Waals surface area contributed by atoms with Gasteiger partial charge in [0.2, 0.25) is 0 Å².